The molecule has 3 aromatic heterocycles. The van der Waals surface area contributed by atoms with E-state index in [1.807, 2.05) is 10.8 Å². The maximum Gasteiger partial charge on any atom is 0.220 e. The fourth-order valence-corrected chi connectivity index (χ4v) is 4.10. The van der Waals surface area contributed by atoms with Crippen LogP contribution in [0.4, 0.5) is 10.3 Å². The van der Waals surface area contributed by atoms with Gasteiger partial charge in [-0.05, 0) is 37.7 Å². The number of hydrogen-bond acceptors (Lipinski definition) is 6. The highest BCUT2D eigenvalue weighted by Crippen LogP contribution is 2.39. The van der Waals surface area contributed by atoms with Crippen molar-refractivity contribution >= 4 is 22.8 Å². The predicted octanol–water partition coefficient (Wildman–Crippen LogP) is 2.13. The second kappa shape index (κ2) is 7.28. The molecule has 1 aliphatic heterocycles. The van der Waals surface area contributed by atoms with E-state index < -0.39 is 11.4 Å². The first-order valence-corrected chi connectivity index (χ1v) is 10.5. The zero-order valence-electron chi connectivity index (χ0n) is 17.8. The van der Waals surface area contributed by atoms with Crippen LogP contribution >= 0.6 is 0 Å². The van der Waals surface area contributed by atoms with Crippen molar-refractivity contribution in [3.05, 3.63) is 36.2 Å². The SMILES string of the molecule is CC(=O)N1CC(n2cc(-c3nc(N)ncc3F)c3cc(C#CC(C)(O)C4CC4)ncc32)C1. The molecule has 4 heterocycles. The second-order valence-electron chi connectivity index (χ2n) is 8.71. The van der Waals surface area contributed by atoms with E-state index in [4.69, 9.17) is 5.73 Å². The van der Waals surface area contributed by atoms with Crippen LogP contribution in [-0.4, -0.2) is 54.1 Å². The van der Waals surface area contributed by atoms with Gasteiger partial charge in [0.1, 0.15) is 17.0 Å². The number of nitrogens with zero attached hydrogens (tertiary/aromatic N) is 5. The molecule has 32 heavy (non-hydrogen) atoms. The lowest BCUT2D eigenvalue weighted by atomic mass is 10.0. The van der Waals surface area contributed by atoms with E-state index in [-0.39, 0.29) is 29.5 Å². The van der Waals surface area contributed by atoms with Gasteiger partial charge < -0.3 is 20.3 Å². The third-order valence-electron chi connectivity index (χ3n) is 6.25. The van der Waals surface area contributed by atoms with E-state index in [0.717, 1.165) is 24.6 Å². The molecule has 164 valence electrons. The van der Waals surface area contributed by atoms with Crippen molar-refractivity contribution in [3.8, 4) is 23.1 Å². The Morgan fingerprint density at radius 2 is 2.06 bits per heavy atom. The van der Waals surface area contributed by atoms with Gasteiger partial charge in [-0.1, -0.05) is 5.92 Å². The first-order valence-electron chi connectivity index (χ1n) is 10.5. The number of aromatic nitrogens is 4. The summed E-state index contributed by atoms with van der Waals surface area (Å²) in [6.45, 7) is 4.39. The second-order valence-corrected chi connectivity index (χ2v) is 8.71. The summed E-state index contributed by atoms with van der Waals surface area (Å²) in [6.07, 6.45) is 6.49. The minimum atomic E-state index is -1.05. The number of fused-ring (bicyclic) bond motifs is 1. The topological polar surface area (TPSA) is 110 Å². The Hall–Kier alpha value is -3.51. The summed E-state index contributed by atoms with van der Waals surface area (Å²) in [5, 5.41) is 11.2. The molecule has 3 aromatic rings. The number of pyridine rings is 1. The number of anilines is 1. The van der Waals surface area contributed by atoms with Gasteiger partial charge in [0.25, 0.3) is 0 Å². The van der Waals surface area contributed by atoms with Crippen LogP contribution in [0.5, 0.6) is 0 Å². The van der Waals surface area contributed by atoms with Crippen LogP contribution in [0.15, 0.2) is 24.7 Å². The standard InChI is InChI=1S/C23H23FN6O2/c1-13(31)29-10-16(11-29)30-12-18(21-19(24)8-27-22(25)28-21)17-7-15(26-9-20(17)30)5-6-23(2,32)14-3-4-14/h7-9,12,14,16,32H,3-4,10-11H2,1-2H3,(H2,25,27,28). The normalized spacial score (nSPS) is 18.1. The molecule has 0 spiro atoms. The predicted molar refractivity (Wildman–Crippen MR) is 117 cm³/mol. The Balaban J connectivity index is 1.61. The quantitative estimate of drug-likeness (QED) is 0.611. The molecule has 0 bridgehead atoms. The smallest absolute Gasteiger partial charge is 0.220 e. The Morgan fingerprint density at radius 3 is 2.75 bits per heavy atom. The van der Waals surface area contributed by atoms with Gasteiger partial charge in [-0.2, -0.15) is 0 Å². The molecule has 1 aliphatic carbocycles. The summed E-state index contributed by atoms with van der Waals surface area (Å²) in [5.74, 6) is 5.49. The number of rotatable bonds is 3. The minimum Gasteiger partial charge on any atom is -0.378 e. The molecular weight excluding hydrogens is 411 g/mol. The molecule has 0 radical (unpaired) electrons. The van der Waals surface area contributed by atoms with Crippen LogP contribution in [0.2, 0.25) is 0 Å². The van der Waals surface area contributed by atoms with Gasteiger partial charge in [-0.3, -0.25) is 4.79 Å². The van der Waals surface area contributed by atoms with E-state index in [2.05, 4.69) is 26.8 Å². The van der Waals surface area contributed by atoms with Crippen molar-refractivity contribution in [2.24, 2.45) is 5.92 Å². The Kier molecular flexibility index (Phi) is 4.64. The fraction of sp³-hybridized carbons (Fsp3) is 0.391. The summed E-state index contributed by atoms with van der Waals surface area (Å²) in [6, 6.07) is 1.82. The molecule has 2 fully saturated rings. The number of likely N-dealkylation sites (tertiary alicyclic amines) is 1. The highest BCUT2D eigenvalue weighted by molar-refractivity contribution is 5.95. The van der Waals surface area contributed by atoms with Gasteiger partial charge in [0.15, 0.2) is 5.82 Å². The summed E-state index contributed by atoms with van der Waals surface area (Å²) >= 11 is 0. The van der Waals surface area contributed by atoms with Crippen molar-refractivity contribution in [2.45, 2.75) is 38.3 Å². The molecule has 1 atom stereocenters. The molecule has 5 rings (SSSR count). The highest BCUT2D eigenvalue weighted by Gasteiger charge is 2.38. The van der Waals surface area contributed by atoms with Crippen molar-refractivity contribution in [2.75, 3.05) is 18.8 Å². The average Bonchev–Trinajstić information content (AvgIpc) is 3.51. The lowest BCUT2D eigenvalue weighted by Crippen LogP contribution is -2.49. The number of amides is 1. The maximum absolute atomic E-state index is 14.6. The van der Waals surface area contributed by atoms with Gasteiger partial charge in [0.05, 0.1) is 24.0 Å². The Bertz CT molecular complexity index is 1300. The van der Waals surface area contributed by atoms with Crippen LogP contribution < -0.4 is 5.73 Å². The third kappa shape index (κ3) is 3.56. The molecular formula is C23H23FN6O2. The van der Waals surface area contributed by atoms with Crippen LogP contribution in [-0.2, 0) is 4.79 Å². The van der Waals surface area contributed by atoms with Crippen molar-refractivity contribution in [3.63, 3.8) is 0 Å². The van der Waals surface area contributed by atoms with Crippen LogP contribution in [0.25, 0.3) is 22.2 Å². The fourth-order valence-electron chi connectivity index (χ4n) is 4.10. The maximum atomic E-state index is 14.6. The molecule has 9 heteroatoms. The van der Waals surface area contributed by atoms with Crippen molar-refractivity contribution in [1.82, 2.24) is 24.4 Å². The van der Waals surface area contributed by atoms with Gasteiger partial charge in [-0.25, -0.2) is 19.3 Å². The zero-order valence-corrected chi connectivity index (χ0v) is 17.8. The van der Waals surface area contributed by atoms with Gasteiger partial charge in [-0.15, -0.1) is 0 Å². The third-order valence-corrected chi connectivity index (χ3v) is 6.25. The lowest BCUT2D eigenvalue weighted by molar-refractivity contribution is -0.134. The summed E-state index contributed by atoms with van der Waals surface area (Å²) in [5.41, 5.74) is 6.56. The first-order chi connectivity index (χ1) is 15.2. The molecule has 3 N–H and O–H groups in total. The number of nitrogens with two attached hydrogens (primary N) is 1. The largest absolute Gasteiger partial charge is 0.378 e. The number of carbonyl (C=O) groups is 1. The van der Waals surface area contributed by atoms with Crippen molar-refractivity contribution < 1.29 is 14.3 Å². The van der Waals surface area contributed by atoms with Crippen LogP contribution in [0, 0.1) is 23.6 Å². The average molecular weight is 434 g/mol. The van der Waals surface area contributed by atoms with E-state index in [0.29, 0.717) is 29.7 Å². The zero-order chi connectivity index (χ0) is 22.6. The van der Waals surface area contributed by atoms with Gasteiger partial charge in [0, 0.05) is 37.2 Å². The summed E-state index contributed by atoms with van der Waals surface area (Å²) < 4.78 is 16.6. The molecule has 1 saturated carbocycles. The number of aliphatic hydroxyl groups is 1. The molecule has 2 aliphatic rings. The van der Waals surface area contributed by atoms with Crippen molar-refractivity contribution in [1.29, 1.82) is 0 Å². The van der Waals surface area contributed by atoms with Crippen LogP contribution in [0.1, 0.15) is 38.4 Å². The van der Waals surface area contributed by atoms with Gasteiger partial charge >= 0.3 is 0 Å². The van der Waals surface area contributed by atoms with E-state index in [1.54, 1.807) is 24.1 Å². The molecule has 1 amide bonds. The lowest BCUT2D eigenvalue weighted by Gasteiger charge is -2.39. The first kappa shape index (κ1) is 20.4. The monoisotopic (exact) mass is 434 g/mol. The molecule has 0 aromatic carbocycles. The highest BCUT2D eigenvalue weighted by atomic mass is 19.1. The Morgan fingerprint density at radius 1 is 1.31 bits per heavy atom. The number of halogens is 1. The molecule has 1 saturated heterocycles. The number of nitrogen functional groups attached to an aromatic ring is 1. The van der Waals surface area contributed by atoms with Gasteiger partial charge in [0.2, 0.25) is 11.9 Å². The molecule has 8 nitrogen and oxygen atoms in total. The van der Waals surface area contributed by atoms with E-state index in [1.165, 1.54) is 6.92 Å². The van der Waals surface area contributed by atoms with E-state index in [9.17, 15) is 14.3 Å². The summed E-state index contributed by atoms with van der Waals surface area (Å²) in [4.78, 5) is 25.6. The number of carbonyl (C=O) groups excluding carboxylic acids is 1. The Labute approximate surface area is 184 Å². The van der Waals surface area contributed by atoms with Crippen LogP contribution in [0.3, 0.4) is 0 Å². The minimum absolute atomic E-state index is 0.0194. The summed E-state index contributed by atoms with van der Waals surface area (Å²) in [7, 11) is 0. The molecule has 1 unspecified atom stereocenters. The van der Waals surface area contributed by atoms with E-state index >= 15 is 0 Å². The number of hydrogen-bond donors (Lipinski definition) is 2.